The quantitative estimate of drug-likeness (QED) is 0.853. The summed E-state index contributed by atoms with van der Waals surface area (Å²) in [5, 5.41) is 11.0. The second-order valence-corrected chi connectivity index (χ2v) is 7.27. The van der Waals surface area contributed by atoms with E-state index >= 15 is 0 Å². The lowest BCUT2D eigenvalue weighted by molar-refractivity contribution is 0.557. The molecule has 0 aliphatic heterocycles. The zero-order chi connectivity index (χ0) is 15.7. The number of H-pyrrole nitrogens is 1. The van der Waals surface area contributed by atoms with Crippen LogP contribution in [0.5, 0.6) is 0 Å². The van der Waals surface area contributed by atoms with Gasteiger partial charge in [0.1, 0.15) is 0 Å². The van der Waals surface area contributed by atoms with Crippen LogP contribution in [-0.4, -0.2) is 20.4 Å². The molecule has 4 nitrogen and oxygen atoms in total. The number of nitrogens with one attached hydrogen (secondary N) is 1. The summed E-state index contributed by atoms with van der Waals surface area (Å²) >= 11 is 0. The summed E-state index contributed by atoms with van der Waals surface area (Å²) in [5.41, 5.74) is 7.74. The molecule has 0 unspecified atom stereocenters. The van der Waals surface area contributed by atoms with Crippen molar-refractivity contribution in [2.24, 2.45) is 0 Å². The predicted molar refractivity (Wildman–Crippen MR) is 89.0 cm³/mol. The molecule has 4 heteroatoms. The average molecular weight is 298 g/mol. The summed E-state index contributed by atoms with van der Waals surface area (Å²) in [6, 6.07) is 0. The van der Waals surface area contributed by atoms with E-state index in [9.17, 15) is 0 Å². The number of aromatic nitrogens is 4. The Balaban J connectivity index is 2.32. The minimum atomic E-state index is 0.0505. The van der Waals surface area contributed by atoms with Crippen LogP contribution in [0.4, 0.5) is 0 Å². The topological polar surface area (TPSA) is 54.5 Å². The van der Waals surface area contributed by atoms with Crippen molar-refractivity contribution in [2.45, 2.75) is 71.6 Å². The Morgan fingerprint density at radius 3 is 2.55 bits per heavy atom. The smallest absolute Gasteiger partial charge is 0.0860 e. The van der Waals surface area contributed by atoms with Gasteiger partial charge in [-0.3, -0.25) is 10.1 Å². The Labute approximate surface area is 132 Å². The Kier molecular flexibility index (Phi) is 4.02. The van der Waals surface area contributed by atoms with Crippen molar-refractivity contribution in [3.05, 3.63) is 28.7 Å². The first-order valence-electron chi connectivity index (χ1n) is 8.44. The Bertz CT molecular complexity index is 651. The van der Waals surface area contributed by atoms with Gasteiger partial charge in [-0.25, -0.2) is 0 Å². The molecule has 1 aliphatic rings. The van der Waals surface area contributed by atoms with Crippen LogP contribution < -0.4 is 0 Å². The van der Waals surface area contributed by atoms with Gasteiger partial charge < -0.3 is 0 Å². The van der Waals surface area contributed by atoms with Gasteiger partial charge in [0.15, 0.2) is 0 Å². The van der Waals surface area contributed by atoms with Gasteiger partial charge in [-0.2, -0.15) is 0 Å². The molecule has 2 aromatic rings. The number of fused-ring (bicyclic) bond motifs is 1. The minimum absolute atomic E-state index is 0.0505. The summed E-state index contributed by atoms with van der Waals surface area (Å²) in [4.78, 5) is 5.13. The van der Waals surface area contributed by atoms with Crippen LogP contribution in [0.25, 0.3) is 11.3 Å². The highest BCUT2D eigenvalue weighted by Gasteiger charge is 2.27. The van der Waals surface area contributed by atoms with E-state index in [4.69, 9.17) is 4.98 Å². The van der Waals surface area contributed by atoms with Crippen LogP contribution in [0, 0.1) is 0 Å². The number of pyridine rings is 1. The van der Waals surface area contributed by atoms with Crippen molar-refractivity contribution in [3.8, 4) is 11.3 Å². The van der Waals surface area contributed by atoms with Crippen molar-refractivity contribution < 1.29 is 0 Å². The molecule has 2 aromatic heterocycles. The van der Waals surface area contributed by atoms with Crippen LogP contribution in [0.1, 0.15) is 69.5 Å². The molecule has 118 valence electrons. The molecule has 0 fully saturated rings. The molecule has 2 heterocycles. The van der Waals surface area contributed by atoms with Crippen molar-refractivity contribution >= 4 is 0 Å². The summed E-state index contributed by atoms with van der Waals surface area (Å²) in [5.74, 6) is 0. The van der Waals surface area contributed by atoms with Gasteiger partial charge in [0, 0.05) is 22.4 Å². The zero-order valence-corrected chi connectivity index (χ0v) is 14.2. The standard InChI is InChI=1S/C18H26N4/c1-5-12-16(15-11-19-22-21-15)13-9-7-6-8-10-14(13)20-17(12)18(2,3)4/h11H,5-10H2,1-4H3,(H,19,21,22). The van der Waals surface area contributed by atoms with E-state index in [-0.39, 0.29) is 5.41 Å². The molecule has 1 N–H and O–H groups in total. The summed E-state index contributed by atoms with van der Waals surface area (Å²) in [6.07, 6.45) is 8.85. The molecular weight excluding hydrogens is 272 g/mol. The monoisotopic (exact) mass is 298 g/mol. The number of hydrogen-bond donors (Lipinski definition) is 1. The highest BCUT2D eigenvalue weighted by atomic mass is 15.3. The first kappa shape index (κ1) is 15.2. The maximum atomic E-state index is 5.13. The Morgan fingerprint density at radius 2 is 1.91 bits per heavy atom. The molecule has 0 atom stereocenters. The first-order chi connectivity index (χ1) is 10.5. The second kappa shape index (κ2) is 5.82. The number of hydrogen-bond acceptors (Lipinski definition) is 3. The second-order valence-electron chi connectivity index (χ2n) is 7.27. The van der Waals surface area contributed by atoms with E-state index in [0.29, 0.717) is 0 Å². The van der Waals surface area contributed by atoms with E-state index < -0.39 is 0 Å². The van der Waals surface area contributed by atoms with Gasteiger partial charge in [0.25, 0.3) is 0 Å². The van der Waals surface area contributed by atoms with Gasteiger partial charge in [-0.1, -0.05) is 39.3 Å². The van der Waals surface area contributed by atoms with Gasteiger partial charge in [-0.15, -0.1) is 5.10 Å². The SMILES string of the molecule is CCc1c(C(C)(C)C)nc2c(c1-c1cnn[nH]1)CCCCC2. The molecular formula is C18H26N4. The van der Waals surface area contributed by atoms with Crippen molar-refractivity contribution in [2.75, 3.05) is 0 Å². The highest BCUT2D eigenvalue weighted by molar-refractivity contribution is 5.70. The Hall–Kier alpha value is -1.71. The van der Waals surface area contributed by atoms with Crippen LogP contribution in [0.15, 0.2) is 6.20 Å². The van der Waals surface area contributed by atoms with Crippen LogP contribution in [0.2, 0.25) is 0 Å². The molecule has 0 aromatic carbocycles. The van der Waals surface area contributed by atoms with Gasteiger partial charge in [0.2, 0.25) is 0 Å². The van der Waals surface area contributed by atoms with Gasteiger partial charge in [0.05, 0.1) is 11.9 Å². The highest BCUT2D eigenvalue weighted by Crippen LogP contribution is 2.37. The normalized spacial score (nSPS) is 15.5. The number of nitrogens with zero attached hydrogens (tertiary/aromatic N) is 3. The summed E-state index contributed by atoms with van der Waals surface area (Å²) in [7, 11) is 0. The third kappa shape index (κ3) is 2.67. The van der Waals surface area contributed by atoms with Crippen molar-refractivity contribution in [1.82, 2.24) is 20.4 Å². The molecule has 0 saturated carbocycles. The third-order valence-electron chi connectivity index (χ3n) is 4.57. The molecule has 3 rings (SSSR count). The number of rotatable bonds is 2. The maximum Gasteiger partial charge on any atom is 0.0860 e. The third-order valence-corrected chi connectivity index (χ3v) is 4.57. The van der Waals surface area contributed by atoms with Crippen molar-refractivity contribution in [3.63, 3.8) is 0 Å². The fraction of sp³-hybridized carbons (Fsp3) is 0.611. The van der Waals surface area contributed by atoms with E-state index in [1.165, 1.54) is 47.3 Å². The van der Waals surface area contributed by atoms with Crippen LogP contribution in [0.3, 0.4) is 0 Å². The first-order valence-corrected chi connectivity index (χ1v) is 8.44. The van der Waals surface area contributed by atoms with E-state index in [2.05, 4.69) is 43.1 Å². The van der Waals surface area contributed by atoms with E-state index in [1.54, 1.807) is 0 Å². The van der Waals surface area contributed by atoms with Crippen molar-refractivity contribution in [1.29, 1.82) is 0 Å². The summed E-state index contributed by atoms with van der Waals surface area (Å²) < 4.78 is 0. The number of aromatic amines is 1. The average Bonchev–Trinajstić information content (AvgIpc) is 2.89. The van der Waals surface area contributed by atoms with Crippen LogP contribution >= 0.6 is 0 Å². The molecule has 0 spiro atoms. The zero-order valence-electron chi connectivity index (χ0n) is 14.2. The molecule has 0 bridgehead atoms. The lowest BCUT2D eigenvalue weighted by atomic mass is 9.82. The summed E-state index contributed by atoms with van der Waals surface area (Å²) in [6.45, 7) is 8.99. The van der Waals surface area contributed by atoms with Gasteiger partial charge >= 0.3 is 0 Å². The van der Waals surface area contributed by atoms with Gasteiger partial charge in [-0.05, 0) is 43.2 Å². The molecule has 0 radical (unpaired) electrons. The molecule has 0 saturated heterocycles. The molecule has 22 heavy (non-hydrogen) atoms. The Morgan fingerprint density at radius 1 is 1.14 bits per heavy atom. The largest absolute Gasteiger partial charge is 0.258 e. The fourth-order valence-corrected chi connectivity index (χ4v) is 3.57. The number of aryl methyl sites for hydroxylation is 1. The molecule has 1 aliphatic carbocycles. The van der Waals surface area contributed by atoms with E-state index in [1.807, 2.05) is 6.20 Å². The lowest BCUT2D eigenvalue weighted by Gasteiger charge is -2.26. The molecule has 0 amide bonds. The van der Waals surface area contributed by atoms with Crippen LogP contribution in [-0.2, 0) is 24.7 Å². The minimum Gasteiger partial charge on any atom is -0.258 e. The fourth-order valence-electron chi connectivity index (χ4n) is 3.57. The van der Waals surface area contributed by atoms with E-state index in [0.717, 1.165) is 25.0 Å². The lowest BCUT2D eigenvalue weighted by Crippen LogP contribution is -2.20. The maximum absolute atomic E-state index is 5.13. The predicted octanol–water partition coefficient (Wildman–Crippen LogP) is 4.00.